The molecule has 1 unspecified atom stereocenters. The summed E-state index contributed by atoms with van der Waals surface area (Å²) in [5.74, 6) is 0.534. The SMILES string of the molecule is CC1(C)CC2=C(CS1)C(=S)SC(=N)C2C#N. The van der Waals surface area contributed by atoms with E-state index < -0.39 is 0 Å². The van der Waals surface area contributed by atoms with Gasteiger partial charge in [0.1, 0.15) is 5.92 Å². The lowest BCUT2D eigenvalue weighted by molar-refractivity contribution is 0.668. The number of allylic oxidation sites excluding steroid dienone is 1. The van der Waals surface area contributed by atoms with Crippen molar-refractivity contribution in [2.45, 2.75) is 25.0 Å². The van der Waals surface area contributed by atoms with Crippen LogP contribution in [0.1, 0.15) is 20.3 Å². The van der Waals surface area contributed by atoms with Gasteiger partial charge in [-0.25, -0.2) is 0 Å². The van der Waals surface area contributed by atoms with E-state index in [-0.39, 0.29) is 10.7 Å². The summed E-state index contributed by atoms with van der Waals surface area (Å²) in [4.78, 5) is 0. The molecule has 0 fully saturated rings. The lowest BCUT2D eigenvalue weighted by Gasteiger charge is -2.36. The average Bonchev–Trinajstić information content (AvgIpc) is 2.16. The molecule has 0 bridgehead atoms. The van der Waals surface area contributed by atoms with Crippen molar-refractivity contribution in [3.63, 3.8) is 0 Å². The van der Waals surface area contributed by atoms with E-state index in [0.717, 1.165) is 27.5 Å². The molecule has 0 aromatic carbocycles. The van der Waals surface area contributed by atoms with Gasteiger partial charge in [0.05, 0.1) is 15.3 Å². The molecule has 2 nitrogen and oxygen atoms in total. The molecule has 0 saturated carbocycles. The molecule has 2 aliphatic rings. The van der Waals surface area contributed by atoms with Crippen LogP contribution in [0.3, 0.4) is 0 Å². The van der Waals surface area contributed by atoms with Gasteiger partial charge in [-0.2, -0.15) is 17.0 Å². The van der Waals surface area contributed by atoms with Crippen LogP contribution in [0, 0.1) is 22.7 Å². The number of nitrogens with zero attached hydrogens (tertiary/aromatic N) is 1. The molecular weight excluding hydrogens is 256 g/mol. The van der Waals surface area contributed by atoms with Crippen LogP contribution in [-0.2, 0) is 0 Å². The predicted molar refractivity (Wildman–Crippen MR) is 75.2 cm³/mol. The van der Waals surface area contributed by atoms with E-state index in [1.807, 2.05) is 11.8 Å². The molecule has 0 aromatic rings. The van der Waals surface area contributed by atoms with Crippen LogP contribution in [0.15, 0.2) is 11.1 Å². The fourth-order valence-electron chi connectivity index (χ4n) is 1.96. The molecule has 0 spiro atoms. The summed E-state index contributed by atoms with van der Waals surface area (Å²) in [5, 5.41) is 17.4. The lowest BCUT2D eigenvalue weighted by atomic mass is 9.88. The molecule has 0 radical (unpaired) electrons. The molecule has 1 N–H and O–H groups in total. The van der Waals surface area contributed by atoms with Gasteiger partial charge in [0.2, 0.25) is 0 Å². The molecule has 5 heteroatoms. The number of hydrogen-bond acceptors (Lipinski definition) is 5. The minimum absolute atomic E-state index is 0.159. The first-order valence-corrected chi connectivity index (χ1v) is 7.22. The van der Waals surface area contributed by atoms with Crippen molar-refractivity contribution in [3.8, 4) is 6.07 Å². The summed E-state index contributed by atoms with van der Waals surface area (Å²) in [6.07, 6.45) is 0.869. The van der Waals surface area contributed by atoms with E-state index in [0.29, 0.717) is 5.04 Å². The average molecular weight is 268 g/mol. The standard InChI is InChI=1S/C11H12N2S3/c1-11(2)3-6-7(4-12)9(13)16-10(14)8(6)5-15-11/h7,13H,3,5H2,1-2H3. The predicted octanol–water partition coefficient (Wildman–Crippen LogP) is 3.39. The summed E-state index contributed by atoms with van der Waals surface area (Å²) in [6, 6.07) is 2.24. The molecule has 84 valence electrons. The first-order valence-electron chi connectivity index (χ1n) is 5.01. The van der Waals surface area contributed by atoms with Crippen molar-refractivity contribution >= 4 is 45.0 Å². The molecule has 2 rings (SSSR count). The quantitative estimate of drug-likeness (QED) is 0.684. The van der Waals surface area contributed by atoms with Crippen molar-refractivity contribution < 1.29 is 0 Å². The Morgan fingerprint density at radius 1 is 1.56 bits per heavy atom. The van der Waals surface area contributed by atoms with Crippen molar-refractivity contribution in [1.82, 2.24) is 0 Å². The topological polar surface area (TPSA) is 47.6 Å². The fourth-order valence-corrected chi connectivity index (χ4v) is 4.57. The third-order valence-corrected chi connectivity index (χ3v) is 5.54. The molecule has 0 aromatic heterocycles. The highest BCUT2D eigenvalue weighted by molar-refractivity contribution is 8.33. The van der Waals surface area contributed by atoms with E-state index >= 15 is 0 Å². The Morgan fingerprint density at radius 2 is 2.25 bits per heavy atom. The van der Waals surface area contributed by atoms with Crippen molar-refractivity contribution in [3.05, 3.63) is 11.1 Å². The Hall–Kier alpha value is -0.310. The normalized spacial score (nSPS) is 28.7. The van der Waals surface area contributed by atoms with Crippen LogP contribution < -0.4 is 0 Å². The summed E-state index contributed by atoms with van der Waals surface area (Å²) >= 11 is 8.46. The highest BCUT2D eigenvalue weighted by Gasteiger charge is 2.38. The van der Waals surface area contributed by atoms with Gasteiger partial charge in [-0.1, -0.05) is 37.8 Å². The number of nitriles is 1. The Balaban J connectivity index is 2.46. The van der Waals surface area contributed by atoms with Gasteiger partial charge < -0.3 is 0 Å². The van der Waals surface area contributed by atoms with Gasteiger partial charge in [-0.3, -0.25) is 5.41 Å². The van der Waals surface area contributed by atoms with Gasteiger partial charge in [0.15, 0.2) is 0 Å². The van der Waals surface area contributed by atoms with E-state index in [2.05, 4.69) is 19.9 Å². The second-order valence-electron chi connectivity index (χ2n) is 4.54. The van der Waals surface area contributed by atoms with Crippen LogP contribution in [0.2, 0.25) is 0 Å². The molecule has 2 heterocycles. The first-order chi connectivity index (χ1) is 7.44. The maximum absolute atomic E-state index is 9.17. The fraction of sp³-hybridized carbons (Fsp3) is 0.545. The number of rotatable bonds is 0. The second-order valence-corrected chi connectivity index (χ2v) is 7.95. The zero-order valence-electron chi connectivity index (χ0n) is 9.16. The largest absolute Gasteiger partial charge is 0.296 e. The van der Waals surface area contributed by atoms with Gasteiger partial charge in [-0.15, -0.1) is 0 Å². The molecule has 0 saturated heterocycles. The third-order valence-electron chi connectivity index (χ3n) is 2.80. The Bertz CT molecular complexity index is 443. The Morgan fingerprint density at radius 3 is 2.88 bits per heavy atom. The summed E-state index contributed by atoms with van der Waals surface area (Å²) in [5.41, 5.74) is 2.24. The Labute approximate surface area is 109 Å². The van der Waals surface area contributed by atoms with Crippen molar-refractivity contribution in [1.29, 1.82) is 10.7 Å². The van der Waals surface area contributed by atoms with Crippen LogP contribution in [0.4, 0.5) is 0 Å². The van der Waals surface area contributed by atoms with E-state index in [9.17, 15) is 0 Å². The van der Waals surface area contributed by atoms with Crippen LogP contribution in [0.25, 0.3) is 0 Å². The minimum atomic E-state index is -0.355. The lowest BCUT2D eigenvalue weighted by Crippen LogP contribution is -2.32. The third kappa shape index (κ3) is 2.06. The van der Waals surface area contributed by atoms with E-state index in [1.165, 1.54) is 11.8 Å². The van der Waals surface area contributed by atoms with Gasteiger partial charge in [0.25, 0.3) is 0 Å². The summed E-state index contributed by atoms with van der Waals surface area (Å²) in [6.45, 7) is 4.37. The van der Waals surface area contributed by atoms with E-state index in [4.69, 9.17) is 22.9 Å². The number of nitrogens with one attached hydrogen (secondary N) is 1. The van der Waals surface area contributed by atoms with Crippen molar-refractivity contribution in [2.24, 2.45) is 5.92 Å². The highest BCUT2D eigenvalue weighted by Crippen LogP contribution is 2.46. The first kappa shape index (κ1) is 12.2. The maximum atomic E-state index is 9.17. The van der Waals surface area contributed by atoms with Gasteiger partial charge >= 0.3 is 0 Å². The van der Waals surface area contributed by atoms with Gasteiger partial charge in [-0.05, 0) is 17.6 Å². The molecule has 0 amide bonds. The monoisotopic (exact) mass is 268 g/mol. The summed E-state index contributed by atoms with van der Waals surface area (Å²) < 4.78 is 0.959. The zero-order chi connectivity index (χ0) is 11.9. The molecule has 2 aliphatic heterocycles. The highest BCUT2D eigenvalue weighted by atomic mass is 32.2. The minimum Gasteiger partial charge on any atom is -0.296 e. The molecule has 16 heavy (non-hydrogen) atoms. The van der Waals surface area contributed by atoms with Gasteiger partial charge in [0, 0.05) is 10.5 Å². The number of thioether (sulfide) groups is 2. The zero-order valence-corrected chi connectivity index (χ0v) is 11.6. The Kier molecular flexibility index (Phi) is 3.17. The second kappa shape index (κ2) is 4.17. The number of thiocarbonyl (C=S) groups is 1. The molecule has 1 atom stereocenters. The number of hydrogen-bond donors (Lipinski definition) is 1. The van der Waals surface area contributed by atoms with Crippen molar-refractivity contribution in [2.75, 3.05) is 5.75 Å². The van der Waals surface area contributed by atoms with Crippen LogP contribution in [0.5, 0.6) is 0 Å². The van der Waals surface area contributed by atoms with E-state index in [1.54, 1.807) is 0 Å². The van der Waals surface area contributed by atoms with Crippen LogP contribution >= 0.6 is 35.7 Å². The summed E-state index contributed by atoms with van der Waals surface area (Å²) in [7, 11) is 0. The smallest absolute Gasteiger partial charge is 0.116 e. The van der Waals surface area contributed by atoms with Crippen LogP contribution in [-0.4, -0.2) is 19.7 Å². The maximum Gasteiger partial charge on any atom is 0.116 e. The molecular formula is C11H12N2S3. The molecule has 0 aliphatic carbocycles.